The third-order valence-corrected chi connectivity index (χ3v) is 5.32. The zero-order valence-electron chi connectivity index (χ0n) is 14.5. The van der Waals surface area contributed by atoms with Crippen molar-refractivity contribution in [1.29, 1.82) is 0 Å². The lowest BCUT2D eigenvalue weighted by molar-refractivity contribution is -0.119. The number of carbonyl (C=O) groups is 2. The number of benzene rings is 2. The van der Waals surface area contributed by atoms with Gasteiger partial charge < -0.3 is 19.5 Å². The van der Waals surface area contributed by atoms with Crippen LogP contribution < -0.4 is 14.8 Å². The van der Waals surface area contributed by atoms with Crippen LogP contribution in [0.15, 0.2) is 42.5 Å². The van der Waals surface area contributed by atoms with Gasteiger partial charge in [-0.2, -0.15) is 0 Å². The topological polar surface area (TPSA) is 73.9 Å². The molecule has 4 rings (SSSR count). The van der Waals surface area contributed by atoms with Crippen molar-refractivity contribution >= 4 is 40.2 Å². The standard InChI is InChI=1S/C20H18INO5/c21-14-5-3-13(4-6-14)19(24)25-12-18(23)22-15-7-8-16-17(11-15)27-20(26-16)9-1-2-10-20/h3-8,11H,1-2,9-10,12H2,(H,22,23). The van der Waals surface area contributed by atoms with Crippen molar-refractivity contribution in [3.8, 4) is 11.5 Å². The average Bonchev–Trinajstić information content (AvgIpc) is 3.26. The Morgan fingerprint density at radius 3 is 2.48 bits per heavy atom. The molecule has 0 unspecified atom stereocenters. The van der Waals surface area contributed by atoms with Gasteiger partial charge in [-0.15, -0.1) is 0 Å². The highest BCUT2D eigenvalue weighted by atomic mass is 127. The van der Waals surface area contributed by atoms with Gasteiger partial charge in [-0.25, -0.2) is 4.79 Å². The van der Waals surface area contributed by atoms with Gasteiger partial charge in [-0.3, -0.25) is 4.79 Å². The molecule has 6 nitrogen and oxygen atoms in total. The van der Waals surface area contributed by atoms with Crippen LogP contribution in [0.2, 0.25) is 0 Å². The first-order valence-electron chi connectivity index (χ1n) is 8.78. The van der Waals surface area contributed by atoms with Crippen LogP contribution in [-0.2, 0) is 9.53 Å². The normalized spacial score (nSPS) is 16.3. The van der Waals surface area contributed by atoms with Crippen LogP contribution in [0.25, 0.3) is 0 Å². The van der Waals surface area contributed by atoms with Crippen LogP contribution in [0.4, 0.5) is 5.69 Å². The minimum absolute atomic E-state index is 0.358. The van der Waals surface area contributed by atoms with E-state index in [4.69, 9.17) is 14.2 Å². The predicted molar refractivity (Wildman–Crippen MR) is 107 cm³/mol. The van der Waals surface area contributed by atoms with Crippen molar-refractivity contribution in [2.75, 3.05) is 11.9 Å². The molecule has 0 saturated heterocycles. The number of hydrogen-bond donors (Lipinski definition) is 1. The Kier molecular flexibility index (Phi) is 4.94. The van der Waals surface area contributed by atoms with E-state index in [9.17, 15) is 9.59 Å². The van der Waals surface area contributed by atoms with Crippen molar-refractivity contribution in [1.82, 2.24) is 0 Å². The summed E-state index contributed by atoms with van der Waals surface area (Å²) in [7, 11) is 0. The number of anilines is 1. The summed E-state index contributed by atoms with van der Waals surface area (Å²) >= 11 is 2.15. The number of hydrogen-bond acceptors (Lipinski definition) is 5. The lowest BCUT2D eigenvalue weighted by atomic mass is 10.2. The van der Waals surface area contributed by atoms with E-state index in [1.807, 2.05) is 0 Å². The fourth-order valence-corrected chi connectivity index (χ4v) is 3.65. The number of nitrogens with one attached hydrogen (secondary N) is 1. The van der Waals surface area contributed by atoms with Crippen LogP contribution >= 0.6 is 22.6 Å². The smallest absolute Gasteiger partial charge is 0.338 e. The zero-order valence-corrected chi connectivity index (χ0v) is 16.7. The number of esters is 1. The zero-order chi connectivity index (χ0) is 18.9. The maximum atomic E-state index is 12.1. The molecule has 2 aromatic rings. The van der Waals surface area contributed by atoms with E-state index >= 15 is 0 Å². The van der Waals surface area contributed by atoms with E-state index in [0.29, 0.717) is 22.7 Å². The molecule has 1 fully saturated rings. The monoisotopic (exact) mass is 479 g/mol. The molecule has 1 heterocycles. The average molecular weight is 479 g/mol. The number of ether oxygens (including phenoxy) is 3. The van der Waals surface area contributed by atoms with Crippen molar-refractivity contribution in [2.45, 2.75) is 31.5 Å². The molecule has 1 saturated carbocycles. The summed E-state index contributed by atoms with van der Waals surface area (Å²) in [4.78, 5) is 24.1. The molecule has 7 heteroatoms. The van der Waals surface area contributed by atoms with E-state index in [-0.39, 0.29) is 6.61 Å². The molecule has 0 radical (unpaired) electrons. The highest BCUT2D eigenvalue weighted by Gasteiger charge is 2.44. The highest BCUT2D eigenvalue weighted by molar-refractivity contribution is 14.1. The second-order valence-electron chi connectivity index (χ2n) is 6.61. The molecule has 27 heavy (non-hydrogen) atoms. The number of fused-ring (bicyclic) bond motifs is 1. The van der Waals surface area contributed by atoms with E-state index in [1.54, 1.807) is 42.5 Å². The summed E-state index contributed by atoms with van der Waals surface area (Å²) in [5.74, 6) is -0.155. The molecule has 0 bridgehead atoms. The fraction of sp³-hybridized carbons (Fsp3) is 0.300. The lowest BCUT2D eigenvalue weighted by Gasteiger charge is -2.21. The first-order valence-corrected chi connectivity index (χ1v) is 9.86. The van der Waals surface area contributed by atoms with Crippen LogP contribution in [0, 0.1) is 3.57 Å². The molecule has 2 aliphatic rings. The van der Waals surface area contributed by atoms with E-state index in [0.717, 1.165) is 29.3 Å². The lowest BCUT2D eigenvalue weighted by Crippen LogP contribution is -2.34. The number of amides is 1. The van der Waals surface area contributed by atoms with Crippen molar-refractivity contribution in [3.63, 3.8) is 0 Å². The molecular weight excluding hydrogens is 461 g/mol. The number of halogens is 1. The first kappa shape index (κ1) is 18.1. The Bertz CT molecular complexity index is 874. The van der Waals surface area contributed by atoms with Crippen molar-refractivity contribution < 1.29 is 23.8 Å². The largest absolute Gasteiger partial charge is 0.452 e. The summed E-state index contributed by atoms with van der Waals surface area (Å²) in [6.45, 7) is -0.358. The molecule has 2 aromatic carbocycles. The van der Waals surface area contributed by atoms with Gasteiger partial charge in [0.1, 0.15) is 0 Å². The molecule has 1 amide bonds. The molecule has 0 atom stereocenters. The minimum atomic E-state index is -0.534. The molecule has 1 spiro atoms. The van der Waals surface area contributed by atoms with E-state index in [1.165, 1.54) is 0 Å². The highest BCUT2D eigenvalue weighted by Crippen LogP contribution is 2.47. The quantitative estimate of drug-likeness (QED) is 0.528. The maximum Gasteiger partial charge on any atom is 0.338 e. The molecule has 1 aliphatic heterocycles. The Balaban J connectivity index is 1.33. The second-order valence-corrected chi connectivity index (χ2v) is 7.86. The number of carbonyl (C=O) groups excluding carboxylic acids is 2. The summed E-state index contributed by atoms with van der Waals surface area (Å²) in [6.07, 6.45) is 3.92. The van der Waals surface area contributed by atoms with Gasteiger partial charge in [0.2, 0.25) is 0 Å². The SMILES string of the molecule is O=C(COC(=O)c1ccc(I)cc1)Nc1ccc2c(c1)OC1(CCCC1)O2. The summed E-state index contributed by atoms with van der Waals surface area (Å²) in [5.41, 5.74) is 0.982. The van der Waals surface area contributed by atoms with Crippen LogP contribution in [0.5, 0.6) is 11.5 Å². The van der Waals surface area contributed by atoms with Crippen LogP contribution in [0.3, 0.4) is 0 Å². The van der Waals surface area contributed by atoms with Gasteiger partial charge in [0.25, 0.3) is 11.7 Å². The van der Waals surface area contributed by atoms with Gasteiger partial charge in [0.05, 0.1) is 5.56 Å². The van der Waals surface area contributed by atoms with Gasteiger partial charge in [-0.1, -0.05) is 0 Å². The summed E-state index contributed by atoms with van der Waals surface area (Å²) < 4.78 is 18.0. The third-order valence-electron chi connectivity index (χ3n) is 4.60. The minimum Gasteiger partial charge on any atom is -0.452 e. The first-order chi connectivity index (χ1) is 13.0. The maximum absolute atomic E-state index is 12.1. The molecule has 1 N–H and O–H groups in total. The van der Waals surface area contributed by atoms with Gasteiger partial charge in [-0.05, 0) is 71.8 Å². The summed E-state index contributed by atoms with van der Waals surface area (Å²) in [6, 6.07) is 12.2. The second kappa shape index (κ2) is 7.38. The Morgan fingerprint density at radius 1 is 1.04 bits per heavy atom. The van der Waals surface area contributed by atoms with Crippen molar-refractivity contribution in [2.24, 2.45) is 0 Å². The Hall–Kier alpha value is -2.29. The van der Waals surface area contributed by atoms with Crippen LogP contribution in [0.1, 0.15) is 36.0 Å². The molecule has 140 valence electrons. The molecule has 0 aromatic heterocycles. The fourth-order valence-electron chi connectivity index (χ4n) is 3.29. The van der Waals surface area contributed by atoms with E-state index in [2.05, 4.69) is 27.9 Å². The third kappa shape index (κ3) is 4.02. The van der Waals surface area contributed by atoms with Crippen molar-refractivity contribution in [3.05, 3.63) is 51.6 Å². The summed E-state index contributed by atoms with van der Waals surface area (Å²) in [5, 5.41) is 2.71. The molecule has 1 aliphatic carbocycles. The van der Waals surface area contributed by atoms with Gasteiger partial charge in [0.15, 0.2) is 18.1 Å². The number of rotatable bonds is 4. The van der Waals surface area contributed by atoms with E-state index < -0.39 is 17.7 Å². The van der Waals surface area contributed by atoms with Crippen LogP contribution in [-0.4, -0.2) is 24.3 Å². The molecular formula is C20H18INO5. The Labute approximate surface area is 170 Å². The Morgan fingerprint density at radius 2 is 1.74 bits per heavy atom. The predicted octanol–water partition coefficient (Wildman–Crippen LogP) is 4.13. The van der Waals surface area contributed by atoms with Gasteiger partial charge in [0, 0.05) is 28.2 Å². The van der Waals surface area contributed by atoms with Gasteiger partial charge >= 0.3 is 5.97 Å².